The Morgan fingerprint density at radius 2 is 1.88 bits per heavy atom. The van der Waals surface area contributed by atoms with E-state index in [-0.39, 0.29) is 5.91 Å². The summed E-state index contributed by atoms with van der Waals surface area (Å²) in [5, 5.41) is 0.869. The van der Waals surface area contributed by atoms with Crippen LogP contribution < -0.4 is 5.73 Å². The molecule has 0 saturated carbocycles. The quantitative estimate of drug-likeness (QED) is 0.636. The van der Waals surface area contributed by atoms with Crippen molar-refractivity contribution in [2.45, 2.75) is 0 Å². The third-order valence-electron chi connectivity index (χ3n) is 2.80. The number of hydrogen-bond acceptors (Lipinski definition) is 1. The maximum absolute atomic E-state index is 11.5. The number of benzene rings is 1. The van der Waals surface area contributed by atoms with E-state index in [1.54, 1.807) is 0 Å². The van der Waals surface area contributed by atoms with Crippen molar-refractivity contribution in [3.63, 3.8) is 0 Å². The molecule has 0 radical (unpaired) electrons. The molecule has 3 N–H and O–H groups in total. The molecule has 0 unspecified atom stereocenters. The molecule has 1 amide bonds. The third-order valence-corrected chi connectivity index (χ3v) is 2.80. The SMILES string of the molecule is NC(=O)c1c2cccc-2[nH]c2ccccc12. The molecule has 1 aromatic carbocycles. The van der Waals surface area contributed by atoms with Gasteiger partial charge in [-0.1, -0.05) is 30.3 Å². The van der Waals surface area contributed by atoms with Crippen LogP contribution in [0.3, 0.4) is 0 Å². The van der Waals surface area contributed by atoms with Crippen LogP contribution in [0.4, 0.5) is 0 Å². The summed E-state index contributed by atoms with van der Waals surface area (Å²) < 4.78 is 0. The maximum atomic E-state index is 11.5. The standard InChI is InChI=1S/C13H10N2O/c14-13(16)12-8-4-1-2-6-10(8)15-11-7-3-5-9(11)12/h1-7,15H,(H2,14,16). The van der Waals surface area contributed by atoms with Gasteiger partial charge in [-0.25, -0.2) is 0 Å². The number of carbonyl (C=O) groups excluding carboxylic acids is 1. The number of aromatic nitrogens is 1. The average Bonchev–Trinajstić information content (AvgIpc) is 2.72. The largest absolute Gasteiger partial charge is 0.366 e. The summed E-state index contributed by atoms with van der Waals surface area (Å²) in [7, 11) is 0. The van der Waals surface area contributed by atoms with Crippen molar-refractivity contribution in [2.75, 3.05) is 0 Å². The highest BCUT2D eigenvalue weighted by Crippen LogP contribution is 2.30. The third kappa shape index (κ3) is 1.11. The van der Waals surface area contributed by atoms with Crippen LogP contribution in [-0.2, 0) is 0 Å². The highest BCUT2D eigenvalue weighted by molar-refractivity contribution is 6.11. The summed E-state index contributed by atoms with van der Waals surface area (Å²) >= 11 is 0. The average molecular weight is 210 g/mol. The number of fused-ring (bicyclic) bond motifs is 2. The molecule has 1 heterocycles. The number of nitrogens with one attached hydrogen (secondary N) is 1. The first-order valence-electron chi connectivity index (χ1n) is 5.06. The maximum Gasteiger partial charge on any atom is 0.250 e. The number of pyridine rings is 1. The van der Waals surface area contributed by atoms with Crippen molar-refractivity contribution in [1.29, 1.82) is 0 Å². The number of carbonyl (C=O) groups is 1. The first-order valence-corrected chi connectivity index (χ1v) is 5.06. The molecule has 3 rings (SSSR count). The zero-order valence-corrected chi connectivity index (χ0v) is 8.53. The zero-order valence-electron chi connectivity index (χ0n) is 8.53. The first kappa shape index (κ1) is 8.97. The summed E-state index contributed by atoms with van der Waals surface area (Å²) in [4.78, 5) is 14.8. The van der Waals surface area contributed by atoms with Crippen molar-refractivity contribution < 1.29 is 4.79 Å². The minimum absolute atomic E-state index is 0.388. The number of para-hydroxylation sites is 1. The number of amides is 1. The van der Waals surface area contributed by atoms with E-state index < -0.39 is 0 Å². The molecule has 16 heavy (non-hydrogen) atoms. The van der Waals surface area contributed by atoms with Crippen molar-refractivity contribution in [3.05, 3.63) is 48.0 Å². The van der Waals surface area contributed by atoms with E-state index in [1.807, 2.05) is 42.5 Å². The summed E-state index contributed by atoms with van der Waals surface area (Å²) in [5.41, 5.74) is 8.79. The highest BCUT2D eigenvalue weighted by atomic mass is 16.1. The van der Waals surface area contributed by atoms with Crippen LogP contribution in [0.2, 0.25) is 0 Å². The fourth-order valence-corrected chi connectivity index (χ4v) is 2.11. The van der Waals surface area contributed by atoms with E-state index in [1.165, 1.54) is 0 Å². The number of hydrogen-bond donors (Lipinski definition) is 2. The van der Waals surface area contributed by atoms with Gasteiger partial charge in [0.25, 0.3) is 0 Å². The molecule has 2 aliphatic rings. The molecule has 1 aromatic rings. The lowest BCUT2D eigenvalue weighted by Crippen LogP contribution is -2.13. The van der Waals surface area contributed by atoms with Gasteiger partial charge in [-0.3, -0.25) is 4.79 Å². The minimum Gasteiger partial charge on any atom is -0.366 e. The molecule has 0 atom stereocenters. The van der Waals surface area contributed by atoms with E-state index in [9.17, 15) is 4.79 Å². The van der Waals surface area contributed by atoms with Crippen molar-refractivity contribution in [3.8, 4) is 11.3 Å². The van der Waals surface area contributed by atoms with Gasteiger partial charge in [0, 0.05) is 22.2 Å². The Morgan fingerprint density at radius 3 is 2.69 bits per heavy atom. The van der Waals surface area contributed by atoms with Gasteiger partial charge in [0.15, 0.2) is 0 Å². The molecule has 1 aliphatic carbocycles. The molecular formula is C13H10N2O. The van der Waals surface area contributed by atoms with Crippen LogP contribution in [0.15, 0.2) is 42.5 Å². The normalized spacial score (nSPS) is 11.0. The van der Waals surface area contributed by atoms with Crippen LogP contribution in [-0.4, -0.2) is 10.9 Å². The second-order valence-electron chi connectivity index (χ2n) is 3.76. The lowest BCUT2D eigenvalue weighted by molar-refractivity contribution is 0.100. The summed E-state index contributed by atoms with van der Waals surface area (Å²) in [5.74, 6) is -0.388. The van der Waals surface area contributed by atoms with Gasteiger partial charge in [-0.05, 0) is 12.1 Å². The molecule has 0 bridgehead atoms. The molecular weight excluding hydrogens is 200 g/mol. The summed E-state index contributed by atoms with van der Waals surface area (Å²) in [6.45, 7) is 0. The van der Waals surface area contributed by atoms with E-state index in [4.69, 9.17) is 5.73 Å². The molecule has 0 saturated heterocycles. The topological polar surface area (TPSA) is 58.9 Å². The molecule has 0 fully saturated rings. The number of nitrogens with two attached hydrogens (primary N) is 1. The van der Waals surface area contributed by atoms with E-state index >= 15 is 0 Å². The molecule has 3 nitrogen and oxygen atoms in total. The van der Waals surface area contributed by atoms with Gasteiger partial charge >= 0.3 is 0 Å². The van der Waals surface area contributed by atoms with Gasteiger partial charge in [0.1, 0.15) is 0 Å². The van der Waals surface area contributed by atoms with Crippen molar-refractivity contribution in [1.82, 2.24) is 4.98 Å². The number of aromatic amines is 1. The summed E-state index contributed by atoms with van der Waals surface area (Å²) in [6.07, 6.45) is 0. The highest BCUT2D eigenvalue weighted by Gasteiger charge is 2.16. The Kier molecular flexibility index (Phi) is 1.74. The molecule has 78 valence electrons. The van der Waals surface area contributed by atoms with Crippen LogP contribution in [0.25, 0.3) is 22.2 Å². The van der Waals surface area contributed by atoms with Gasteiger partial charge in [0.2, 0.25) is 5.91 Å². The predicted molar refractivity (Wildman–Crippen MR) is 63.4 cm³/mol. The Morgan fingerprint density at radius 1 is 1.06 bits per heavy atom. The number of primary amides is 1. The minimum atomic E-state index is -0.388. The Balaban J connectivity index is 2.56. The van der Waals surface area contributed by atoms with E-state index in [0.29, 0.717) is 5.56 Å². The van der Waals surface area contributed by atoms with Crippen molar-refractivity contribution in [2.24, 2.45) is 5.73 Å². The first-order chi connectivity index (χ1) is 7.77. The van der Waals surface area contributed by atoms with E-state index in [0.717, 1.165) is 22.2 Å². The second kappa shape index (κ2) is 3.10. The van der Waals surface area contributed by atoms with Crippen LogP contribution in [0.5, 0.6) is 0 Å². The molecule has 0 aromatic heterocycles. The van der Waals surface area contributed by atoms with Crippen molar-refractivity contribution >= 4 is 16.8 Å². The predicted octanol–water partition coefficient (Wildman–Crippen LogP) is 2.37. The number of rotatable bonds is 1. The fourth-order valence-electron chi connectivity index (χ4n) is 2.11. The molecule has 0 spiro atoms. The summed E-state index contributed by atoms with van der Waals surface area (Å²) in [6, 6.07) is 13.4. The monoisotopic (exact) mass is 210 g/mol. The van der Waals surface area contributed by atoms with E-state index in [2.05, 4.69) is 4.98 Å². The lowest BCUT2D eigenvalue weighted by Gasteiger charge is -2.10. The van der Waals surface area contributed by atoms with Gasteiger partial charge < -0.3 is 10.7 Å². The lowest BCUT2D eigenvalue weighted by atomic mass is 10.0. The number of H-pyrrole nitrogens is 1. The van der Waals surface area contributed by atoms with Gasteiger partial charge in [-0.2, -0.15) is 0 Å². The van der Waals surface area contributed by atoms with Crippen LogP contribution in [0.1, 0.15) is 10.4 Å². The Labute approximate surface area is 92.2 Å². The van der Waals surface area contributed by atoms with Gasteiger partial charge in [-0.15, -0.1) is 0 Å². The fraction of sp³-hybridized carbons (Fsp3) is 0. The van der Waals surface area contributed by atoms with Crippen LogP contribution >= 0.6 is 0 Å². The Bertz CT molecular complexity index is 654. The molecule has 1 aliphatic heterocycles. The van der Waals surface area contributed by atoms with Crippen LogP contribution in [0, 0.1) is 0 Å². The zero-order chi connectivity index (χ0) is 11.1. The Hall–Kier alpha value is -2.29. The second-order valence-corrected chi connectivity index (χ2v) is 3.76. The smallest absolute Gasteiger partial charge is 0.250 e. The molecule has 3 heteroatoms. The van der Waals surface area contributed by atoms with Gasteiger partial charge in [0.05, 0.1) is 5.56 Å².